The van der Waals surface area contributed by atoms with Crippen molar-refractivity contribution in [3.63, 3.8) is 0 Å². The first kappa shape index (κ1) is 10.3. The summed E-state index contributed by atoms with van der Waals surface area (Å²) in [7, 11) is 0. The largest absolute Gasteiger partial charge is 0.231 e. The number of rotatable bonds is 2. The fourth-order valence-electron chi connectivity index (χ4n) is 1.50. The van der Waals surface area contributed by atoms with Crippen LogP contribution in [0.25, 0.3) is 0 Å². The highest BCUT2D eigenvalue weighted by atomic mass is 79.9. The topological polar surface area (TPSA) is 25.8 Å². The van der Waals surface area contributed by atoms with Crippen molar-refractivity contribution in [3.05, 3.63) is 58.1 Å². The van der Waals surface area contributed by atoms with Gasteiger partial charge in [-0.1, -0.05) is 29.8 Å². The van der Waals surface area contributed by atoms with Gasteiger partial charge in [-0.15, -0.1) is 0 Å². The molecule has 0 aliphatic carbocycles. The van der Waals surface area contributed by atoms with Gasteiger partial charge in [0.25, 0.3) is 0 Å². The maximum atomic E-state index is 4.30. The van der Waals surface area contributed by atoms with Crippen molar-refractivity contribution in [1.82, 2.24) is 9.97 Å². The Kier molecular flexibility index (Phi) is 3.11. The molecule has 1 aromatic heterocycles. The average Bonchev–Trinajstić information content (AvgIpc) is 2.17. The Morgan fingerprint density at radius 2 is 2.13 bits per heavy atom. The lowest BCUT2D eigenvalue weighted by Gasteiger charge is -2.02. The van der Waals surface area contributed by atoms with Crippen molar-refractivity contribution >= 4 is 15.9 Å². The summed E-state index contributed by atoms with van der Waals surface area (Å²) in [4.78, 5) is 8.31. The standard InChI is InChI=1S/C12H11BrN2/c1-9-3-2-4-10(7-9)8-11-5-6-14-12(13)15-11/h2-7H,8H2,1H3. The van der Waals surface area contributed by atoms with E-state index in [0.717, 1.165) is 12.1 Å². The summed E-state index contributed by atoms with van der Waals surface area (Å²) in [5.74, 6) is 0. The quantitative estimate of drug-likeness (QED) is 0.778. The predicted molar refractivity (Wildman–Crippen MR) is 63.7 cm³/mol. The lowest BCUT2D eigenvalue weighted by Crippen LogP contribution is -1.94. The summed E-state index contributed by atoms with van der Waals surface area (Å²) in [5.41, 5.74) is 3.59. The second-order valence-corrected chi connectivity index (χ2v) is 4.19. The summed E-state index contributed by atoms with van der Waals surface area (Å²) in [5, 5.41) is 0. The smallest absolute Gasteiger partial charge is 0.196 e. The van der Waals surface area contributed by atoms with E-state index in [1.165, 1.54) is 11.1 Å². The number of aryl methyl sites for hydroxylation is 1. The molecule has 1 heterocycles. The van der Waals surface area contributed by atoms with Crippen molar-refractivity contribution in [1.29, 1.82) is 0 Å². The molecule has 0 N–H and O–H groups in total. The molecule has 0 radical (unpaired) electrons. The highest BCUT2D eigenvalue weighted by Crippen LogP contribution is 2.10. The molecule has 0 unspecified atom stereocenters. The molecule has 76 valence electrons. The van der Waals surface area contributed by atoms with Crippen LogP contribution in [0.3, 0.4) is 0 Å². The van der Waals surface area contributed by atoms with Gasteiger partial charge < -0.3 is 0 Å². The van der Waals surface area contributed by atoms with Crippen LogP contribution in [0.4, 0.5) is 0 Å². The van der Waals surface area contributed by atoms with Crippen molar-refractivity contribution in [2.75, 3.05) is 0 Å². The van der Waals surface area contributed by atoms with Gasteiger partial charge in [0, 0.05) is 18.3 Å². The van der Waals surface area contributed by atoms with Crippen LogP contribution in [0.2, 0.25) is 0 Å². The highest BCUT2D eigenvalue weighted by molar-refractivity contribution is 9.10. The summed E-state index contributed by atoms with van der Waals surface area (Å²) in [6, 6.07) is 10.4. The van der Waals surface area contributed by atoms with Crippen LogP contribution in [0.5, 0.6) is 0 Å². The molecule has 0 amide bonds. The third-order valence-electron chi connectivity index (χ3n) is 2.15. The van der Waals surface area contributed by atoms with E-state index < -0.39 is 0 Å². The monoisotopic (exact) mass is 262 g/mol. The fourth-order valence-corrected chi connectivity index (χ4v) is 1.85. The first-order valence-corrected chi connectivity index (χ1v) is 5.56. The van der Waals surface area contributed by atoms with Gasteiger partial charge in [-0.2, -0.15) is 0 Å². The van der Waals surface area contributed by atoms with Crippen LogP contribution in [0.1, 0.15) is 16.8 Å². The van der Waals surface area contributed by atoms with Crippen LogP contribution in [-0.2, 0) is 6.42 Å². The zero-order chi connectivity index (χ0) is 10.7. The molecule has 2 nitrogen and oxygen atoms in total. The molecule has 0 bridgehead atoms. The van der Waals surface area contributed by atoms with Crippen LogP contribution < -0.4 is 0 Å². The third kappa shape index (κ3) is 2.86. The summed E-state index contributed by atoms with van der Waals surface area (Å²) >= 11 is 3.27. The molecule has 1 aromatic carbocycles. The third-order valence-corrected chi connectivity index (χ3v) is 2.53. The van der Waals surface area contributed by atoms with E-state index in [0.29, 0.717) is 4.73 Å². The highest BCUT2D eigenvalue weighted by Gasteiger charge is 1.99. The molecule has 2 rings (SSSR count). The molecule has 3 heteroatoms. The van der Waals surface area contributed by atoms with Crippen molar-refractivity contribution in [2.45, 2.75) is 13.3 Å². The minimum atomic E-state index is 0.646. The molecule has 2 aromatic rings. The summed E-state index contributed by atoms with van der Waals surface area (Å²) in [6.45, 7) is 2.10. The first-order valence-electron chi connectivity index (χ1n) is 4.77. The second kappa shape index (κ2) is 4.53. The van der Waals surface area contributed by atoms with Gasteiger partial charge in [0.15, 0.2) is 4.73 Å². The van der Waals surface area contributed by atoms with E-state index in [1.807, 2.05) is 6.07 Å². The van der Waals surface area contributed by atoms with Crippen molar-refractivity contribution in [2.24, 2.45) is 0 Å². The van der Waals surface area contributed by atoms with Gasteiger partial charge in [0.05, 0.1) is 0 Å². The average molecular weight is 263 g/mol. The summed E-state index contributed by atoms with van der Waals surface area (Å²) < 4.78 is 0.646. The molecule has 0 saturated heterocycles. The lowest BCUT2D eigenvalue weighted by atomic mass is 10.1. The Morgan fingerprint density at radius 3 is 2.87 bits per heavy atom. The molecule has 0 atom stereocenters. The zero-order valence-electron chi connectivity index (χ0n) is 8.44. The maximum absolute atomic E-state index is 4.30. The molecule has 0 fully saturated rings. The normalized spacial score (nSPS) is 10.3. The minimum absolute atomic E-state index is 0.646. The van der Waals surface area contributed by atoms with E-state index in [1.54, 1.807) is 6.20 Å². The van der Waals surface area contributed by atoms with Crippen molar-refractivity contribution in [3.8, 4) is 0 Å². The van der Waals surface area contributed by atoms with Crippen molar-refractivity contribution < 1.29 is 0 Å². The number of hydrogen-bond acceptors (Lipinski definition) is 2. The van der Waals surface area contributed by atoms with Crippen LogP contribution in [-0.4, -0.2) is 9.97 Å². The number of aromatic nitrogens is 2. The predicted octanol–water partition coefficient (Wildman–Crippen LogP) is 3.14. The van der Waals surface area contributed by atoms with Crippen LogP contribution >= 0.6 is 15.9 Å². The van der Waals surface area contributed by atoms with E-state index >= 15 is 0 Å². The minimum Gasteiger partial charge on any atom is -0.231 e. The first-order chi connectivity index (χ1) is 7.24. The summed E-state index contributed by atoms with van der Waals surface area (Å²) in [6.07, 6.45) is 2.62. The molecular weight excluding hydrogens is 252 g/mol. The SMILES string of the molecule is Cc1cccc(Cc2ccnc(Br)n2)c1. The van der Waals surface area contributed by atoms with Crippen LogP contribution in [0, 0.1) is 6.92 Å². The second-order valence-electron chi connectivity index (χ2n) is 3.48. The van der Waals surface area contributed by atoms with E-state index in [4.69, 9.17) is 0 Å². The zero-order valence-corrected chi connectivity index (χ0v) is 10.0. The molecular formula is C12H11BrN2. The van der Waals surface area contributed by atoms with Gasteiger partial charge >= 0.3 is 0 Å². The molecule has 0 aliphatic rings. The van der Waals surface area contributed by atoms with Crippen LogP contribution in [0.15, 0.2) is 41.3 Å². The number of halogens is 1. The number of nitrogens with zero attached hydrogens (tertiary/aromatic N) is 2. The van der Waals surface area contributed by atoms with E-state index in [2.05, 4.69) is 57.1 Å². The molecule has 0 saturated carbocycles. The van der Waals surface area contributed by atoms with Gasteiger partial charge in [0.2, 0.25) is 0 Å². The number of hydrogen-bond donors (Lipinski definition) is 0. The maximum Gasteiger partial charge on any atom is 0.196 e. The Labute approximate surface area is 97.5 Å². The molecule has 15 heavy (non-hydrogen) atoms. The molecule has 0 aliphatic heterocycles. The Balaban J connectivity index is 2.22. The fraction of sp³-hybridized carbons (Fsp3) is 0.167. The van der Waals surface area contributed by atoms with Gasteiger partial charge in [-0.25, -0.2) is 9.97 Å². The number of benzene rings is 1. The van der Waals surface area contributed by atoms with Gasteiger partial charge in [-0.3, -0.25) is 0 Å². The van der Waals surface area contributed by atoms with E-state index in [-0.39, 0.29) is 0 Å². The molecule has 0 spiro atoms. The Bertz CT molecular complexity index is 425. The van der Waals surface area contributed by atoms with E-state index in [9.17, 15) is 0 Å². The van der Waals surface area contributed by atoms with Gasteiger partial charge in [0.1, 0.15) is 0 Å². The Hall–Kier alpha value is -1.22. The lowest BCUT2D eigenvalue weighted by molar-refractivity contribution is 0.995. The Morgan fingerprint density at radius 1 is 1.27 bits per heavy atom. The van der Waals surface area contributed by atoms with Gasteiger partial charge in [-0.05, 0) is 34.5 Å².